The molecule has 4 rings (SSSR count). The van der Waals surface area contributed by atoms with Crippen LogP contribution in [0.15, 0.2) is 30.6 Å². The summed E-state index contributed by atoms with van der Waals surface area (Å²) in [6.07, 6.45) is 3.82. The Morgan fingerprint density at radius 2 is 2.22 bits per heavy atom. The summed E-state index contributed by atoms with van der Waals surface area (Å²) in [5, 5.41) is 13.3. The molecule has 1 fully saturated rings. The van der Waals surface area contributed by atoms with Gasteiger partial charge >= 0.3 is 0 Å². The van der Waals surface area contributed by atoms with Crippen molar-refractivity contribution in [1.29, 1.82) is 0 Å². The number of aromatic nitrogens is 2. The van der Waals surface area contributed by atoms with Crippen LogP contribution in [0.25, 0.3) is 0 Å². The van der Waals surface area contributed by atoms with E-state index in [1.54, 1.807) is 35.0 Å². The second-order valence-electron chi connectivity index (χ2n) is 6.99. The Labute approximate surface area is 156 Å². The lowest BCUT2D eigenvalue weighted by atomic mass is 10.0. The maximum Gasteiger partial charge on any atom is 0.289 e. The minimum absolute atomic E-state index is 0.000731. The molecule has 142 valence electrons. The van der Waals surface area contributed by atoms with Gasteiger partial charge in [-0.3, -0.25) is 9.59 Å². The van der Waals surface area contributed by atoms with E-state index in [4.69, 9.17) is 4.74 Å². The highest BCUT2D eigenvalue weighted by molar-refractivity contribution is 5.94. The van der Waals surface area contributed by atoms with Crippen molar-refractivity contribution in [3.8, 4) is 5.75 Å². The molecular weight excluding hydrogens is 348 g/mol. The zero-order valence-corrected chi connectivity index (χ0v) is 15.1. The Kier molecular flexibility index (Phi) is 4.57. The summed E-state index contributed by atoms with van der Waals surface area (Å²) in [6, 6.07) is 5.59. The minimum Gasteiger partial charge on any atom is -0.488 e. The molecular formula is C19H22N4O4. The number of imidazole rings is 1. The Morgan fingerprint density at radius 3 is 2.96 bits per heavy atom. The number of carbonyl (C=O) groups is 2. The van der Waals surface area contributed by atoms with E-state index in [1.807, 2.05) is 12.1 Å². The lowest BCUT2D eigenvalue weighted by Crippen LogP contribution is -2.51. The summed E-state index contributed by atoms with van der Waals surface area (Å²) in [5.41, 5.74) is 1.85. The van der Waals surface area contributed by atoms with Crippen molar-refractivity contribution in [2.24, 2.45) is 7.05 Å². The fourth-order valence-corrected chi connectivity index (χ4v) is 3.54. The van der Waals surface area contributed by atoms with E-state index >= 15 is 0 Å². The van der Waals surface area contributed by atoms with Gasteiger partial charge in [-0.2, -0.15) is 0 Å². The predicted octanol–water partition coefficient (Wildman–Crippen LogP) is 0.959. The lowest BCUT2D eigenvalue weighted by Gasteiger charge is -2.35. The fourth-order valence-electron chi connectivity index (χ4n) is 3.54. The van der Waals surface area contributed by atoms with Gasteiger partial charge in [-0.15, -0.1) is 0 Å². The Morgan fingerprint density at radius 1 is 1.37 bits per heavy atom. The van der Waals surface area contributed by atoms with Gasteiger partial charge in [0, 0.05) is 50.6 Å². The second kappa shape index (κ2) is 7.03. The number of rotatable bonds is 3. The first-order valence-corrected chi connectivity index (χ1v) is 9.05. The highest BCUT2D eigenvalue weighted by Gasteiger charge is 2.33. The van der Waals surface area contributed by atoms with Gasteiger partial charge in [0.2, 0.25) is 5.91 Å². The SMILES string of the molecule is Cn1ccnc1C(=O)N1CC[C@@H](Oc2ccc3c(c2)NC(=O)CC3)[C@H](O)C1. The van der Waals surface area contributed by atoms with Gasteiger partial charge in [0.1, 0.15) is 18.0 Å². The first kappa shape index (κ1) is 17.5. The molecule has 2 N–H and O–H groups in total. The van der Waals surface area contributed by atoms with Gasteiger partial charge < -0.3 is 24.6 Å². The van der Waals surface area contributed by atoms with Crippen molar-refractivity contribution in [2.75, 3.05) is 18.4 Å². The van der Waals surface area contributed by atoms with Crippen molar-refractivity contribution < 1.29 is 19.4 Å². The quantitative estimate of drug-likeness (QED) is 0.839. The monoisotopic (exact) mass is 370 g/mol. The Bertz CT molecular complexity index is 878. The molecule has 2 amide bonds. The molecule has 0 aliphatic carbocycles. The Balaban J connectivity index is 1.41. The van der Waals surface area contributed by atoms with Crippen LogP contribution in [-0.4, -0.2) is 56.7 Å². The summed E-state index contributed by atoms with van der Waals surface area (Å²) < 4.78 is 7.62. The molecule has 8 nitrogen and oxygen atoms in total. The lowest BCUT2D eigenvalue weighted by molar-refractivity contribution is -0.116. The number of hydrogen-bond acceptors (Lipinski definition) is 5. The van der Waals surface area contributed by atoms with Crippen LogP contribution in [0, 0.1) is 0 Å². The molecule has 0 unspecified atom stereocenters. The average Bonchev–Trinajstić information content (AvgIpc) is 3.08. The maximum absolute atomic E-state index is 12.5. The minimum atomic E-state index is -0.798. The first-order valence-electron chi connectivity index (χ1n) is 9.05. The number of aliphatic hydroxyl groups is 1. The zero-order chi connectivity index (χ0) is 19.0. The number of amides is 2. The van der Waals surface area contributed by atoms with E-state index in [0.29, 0.717) is 31.0 Å². The van der Waals surface area contributed by atoms with Crippen LogP contribution in [0.5, 0.6) is 5.75 Å². The summed E-state index contributed by atoms with van der Waals surface area (Å²) in [7, 11) is 1.77. The number of nitrogens with zero attached hydrogens (tertiary/aromatic N) is 3. The molecule has 0 bridgehead atoms. The molecule has 1 aromatic heterocycles. The largest absolute Gasteiger partial charge is 0.488 e. The van der Waals surface area contributed by atoms with Crippen LogP contribution < -0.4 is 10.1 Å². The molecule has 2 atom stereocenters. The van der Waals surface area contributed by atoms with Gasteiger partial charge in [-0.05, 0) is 18.1 Å². The summed E-state index contributed by atoms with van der Waals surface area (Å²) in [4.78, 5) is 29.8. The van der Waals surface area contributed by atoms with Gasteiger partial charge in [-0.1, -0.05) is 6.07 Å². The third-order valence-corrected chi connectivity index (χ3v) is 5.08. The molecule has 2 aliphatic heterocycles. The predicted molar refractivity (Wildman–Crippen MR) is 97.5 cm³/mol. The average molecular weight is 370 g/mol. The zero-order valence-electron chi connectivity index (χ0n) is 15.1. The number of nitrogens with one attached hydrogen (secondary N) is 1. The van der Waals surface area contributed by atoms with Gasteiger partial charge in [0.05, 0.1) is 6.54 Å². The molecule has 0 spiro atoms. The molecule has 3 heterocycles. The molecule has 2 aromatic rings. The third-order valence-electron chi connectivity index (χ3n) is 5.08. The van der Waals surface area contributed by atoms with E-state index in [0.717, 1.165) is 17.7 Å². The van der Waals surface area contributed by atoms with E-state index in [-0.39, 0.29) is 18.4 Å². The van der Waals surface area contributed by atoms with Crippen LogP contribution in [-0.2, 0) is 18.3 Å². The molecule has 0 radical (unpaired) electrons. The molecule has 0 saturated carbocycles. The van der Waals surface area contributed by atoms with Crippen molar-refractivity contribution in [3.05, 3.63) is 42.0 Å². The van der Waals surface area contributed by atoms with Crippen LogP contribution in [0.1, 0.15) is 29.0 Å². The third kappa shape index (κ3) is 3.52. The van der Waals surface area contributed by atoms with Crippen LogP contribution in [0.4, 0.5) is 5.69 Å². The van der Waals surface area contributed by atoms with Gasteiger partial charge in [-0.25, -0.2) is 4.98 Å². The molecule has 8 heteroatoms. The summed E-state index contributed by atoms with van der Waals surface area (Å²) in [5.74, 6) is 0.758. The highest BCUT2D eigenvalue weighted by atomic mass is 16.5. The van der Waals surface area contributed by atoms with E-state index < -0.39 is 12.2 Å². The first-order chi connectivity index (χ1) is 13.0. The number of aryl methyl sites for hydroxylation is 2. The molecule has 1 aromatic carbocycles. The van der Waals surface area contributed by atoms with Gasteiger partial charge in [0.15, 0.2) is 5.82 Å². The molecule has 27 heavy (non-hydrogen) atoms. The van der Waals surface area contributed by atoms with Crippen molar-refractivity contribution in [2.45, 2.75) is 31.5 Å². The smallest absolute Gasteiger partial charge is 0.289 e. The summed E-state index contributed by atoms with van der Waals surface area (Å²) in [6.45, 7) is 0.674. The maximum atomic E-state index is 12.5. The fraction of sp³-hybridized carbons (Fsp3) is 0.421. The second-order valence-corrected chi connectivity index (χ2v) is 6.99. The topological polar surface area (TPSA) is 96.7 Å². The van der Waals surface area contributed by atoms with Crippen LogP contribution >= 0.6 is 0 Å². The number of piperidine rings is 1. The number of ether oxygens (including phenoxy) is 1. The number of likely N-dealkylation sites (tertiary alicyclic amines) is 1. The van der Waals surface area contributed by atoms with Crippen molar-refractivity contribution >= 4 is 17.5 Å². The molecule has 2 aliphatic rings. The highest BCUT2D eigenvalue weighted by Crippen LogP contribution is 2.29. The van der Waals surface area contributed by atoms with Gasteiger partial charge in [0.25, 0.3) is 5.91 Å². The number of anilines is 1. The van der Waals surface area contributed by atoms with E-state index in [1.165, 1.54) is 0 Å². The van der Waals surface area contributed by atoms with Crippen LogP contribution in [0.2, 0.25) is 0 Å². The van der Waals surface area contributed by atoms with E-state index in [9.17, 15) is 14.7 Å². The summed E-state index contributed by atoms with van der Waals surface area (Å²) >= 11 is 0. The number of carbonyl (C=O) groups excluding carboxylic acids is 2. The number of β-amino-alcohol motifs (C(OH)–C–C–N with tert-alkyl or cyclic N) is 1. The van der Waals surface area contributed by atoms with Crippen molar-refractivity contribution in [3.63, 3.8) is 0 Å². The number of fused-ring (bicyclic) bond motifs is 1. The van der Waals surface area contributed by atoms with Crippen molar-refractivity contribution in [1.82, 2.24) is 14.5 Å². The number of hydrogen-bond donors (Lipinski definition) is 2. The normalized spacial score (nSPS) is 22.1. The van der Waals surface area contributed by atoms with Crippen LogP contribution in [0.3, 0.4) is 0 Å². The van der Waals surface area contributed by atoms with E-state index in [2.05, 4.69) is 10.3 Å². The number of aliphatic hydroxyl groups excluding tert-OH is 1. The standard InChI is InChI=1S/C19H22N4O4/c1-22-9-7-20-18(22)19(26)23-8-6-16(15(24)11-23)27-13-4-2-12-3-5-17(25)21-14(12)10-13/h2,4,7,9-10,15-16,24H,3,5-6,8,11H2,1H3,(H,21,25)/t15-,16-/m1/s1. The Hall–Kier alpha value is -2.87. The molecule has 1 saturated heterocycles. The number of benzene rings is 1.